The first-order chi connectivity index (χ1) is 12.1. The van der Waals surface area contributed by atoms with Gasteiger partial charge in [0.2, 0.25) is 5.91 Å². The molecule has 0 saturated carbocycles. The van der Waals surface area contributed by atoms with Crippen LogP contribution in [0, 0.1) is 21.4 Å². The summed E-state index contributed by atoms with van der Waals surface area (Å²) in [5, 5.41) is 20.3. The molecular weight excluding hydrogens is 320 g/mol. The van der Waals surface area contributed by atoms with Crippen molar-refractivity contribution in [3.05, 3.63) is 33.9 Å². The molecule has 2 aliphatic heterocycles. The summed E-state index contributed by atoms with van der Waals surface area (Å²) >= 11 is 0. The number of nitro groups is 1. The Kier molecular flexibility index (Phi) is 5.17. The van der Waals surface area contributed by atoms with Crippen LogP contribution in [0.1, 0.15) is 44.1 Å². The van der Waals surface area contributed by atoms with E-state index < -0.39 is 4.92 Å². The number of hydrogen-bond acceptors (Lipinski definition) is 5. The van der Waals surface area contributed by atoms with Crippen molar-refractivity contribution in [1.82, 2.24) is 4.90 Å². The number of benzene rings is 1. The first kappa shape index (κ1) is 17.2. The van der Waals surface area contributed by atoms with Crippen LogP contribution in [-0.2, 0) is 4.79 Å². The Bertz CT molecular complexity index is 705. The standard InChI is InChI=1S/C18H22N4O3/c19-13-14-5-6-16(17(12-14)22(24)25)20-10-7-15(8-11-20)21-9-3-1-2-4-18(21)23/h5-6,12,15H,1-4,7-11H2. The average molecular weight is 342 g/mol. The van der Waals surface area contributed by atoms with E-state index in [1.807, 2.05) is 15.9 Å². The predicted octanol–water partition coefficient (Wildman–Crippen LogP) is 2.84. The Hall–Kier alpha value is -2.62. The van der Waals surface area contributed by atoms with Crippen molar-refractivity contribution >= 4 is 17.3 Å². The smallest absolute Gasteiger partial charge is 0.293 e. The van der Waals surface area contributed by atoms with E-state index in [1.165, 1.54) is 6.07 Å². The van der Waals surface area contributed by atoms with Crippen LogP contribution < -0.4 is 4.90 Å². The fourth-order valence-corrected chi connectivity index (χ4v) is 3.81. The van der Waals surface area contributed by atoms with E-state index in [-0.39, 0.29) is 17.6 Å². The lowest BCUT2D eigenvalue weighted by Crippen LogP contribution is -2.47. The van der Waals surface area contributed by atoms with E-state index >= 15 is 0 Å². The van der Waals surface area contributed by atoms with Crippen molar-refractivity contribution in [2.45, 2.75) is 44.6 Å². The number of hydrogen-bond donors (Lipinski definition) is 0. The quantitative estimate of drug-likeness (QED) is 0.622. The number of nitrogens with zero attached hydrogens (tertiary/aromatic N) is 4. The third-order valence-electron chi connectivity index (χ3n) is 5.16. The number of anilines is 1. The van der Waals surface area contributed by atoms with Crippen molar-refractivity contribution < 1.29 is 9.72 Å². The number of rotatable bonds is 3. The zero-order valence-electron chi connectivity index (χ0n) is 14.2. The molecule has 0 unspecified atom stereocenters. The molecule has 2 fully saturated rings. The second-order valence-electron chi connectivity index (χ2n) is 6.69. The van der Waals surface area contributed by atoms with Gasteiger partial charge in [0.25, 0.3) is 5.69 Å². The van der Waals surface area contributed by atoms with Crippen LogP contribution in [-0.4, -0.2) is 41.4 Å². The monoisotopic (exact) mass is 342 g/mol. The molecule has 0 spiro atoms. The Morgan fingerprint density at radius 2 is 1.92 bits per heavy atom. The van der Waals surface area contributed by atoms with Crippen molar-refractivity contribution in [1.29, 1.82) is 5.26 Å². The van der Waals surface area contributed by atoms with Gasteiger partial charge in [0.05, 0.1) is 16.6 Å². The molecular formula is C18H22N4O3. The lowest BCUT2D eigenvalue weighted by molar-refractivity contribution is -0.384. The molecule has 1 aromatic rings. The molecule has 1 amide bonds. The summed E-state index contributed by atoms with van der Waals surface area (Å²) in [5.41, 5.74) is 0.827. The maximum Gasteiger partial charge on any atom is 0.293 e. The molecule has 2 heterocycles. The third kappa shape index (κ3) is 3.73. The molecule has 7 nitrogen and oxygen atoms in total. The van der Waals surface area contributed by atoms with Crippen LogP contribution >= 0.6 is 0 Å². The first-order valence-electron chi connectivity index (χ1n) is 8.83. The Balaban J connectivity index is 1.71. The van der Waals surface area contributed by atoms with Crippen LogP contribution in [0.5, 0.6) is 0 Å². The molecule has 0 bridgehead atoms. The van der Waals surface area contributed by atoms with E-state index in [1.54, 1.807) is 12.1 Å². The van der Waals surface area contributed by atoms with Crippen LogP contribution in [0.3, 0.4) is 0 Å². The van der Waals surface area contributed by atoms with Crippen LogP contribution in [0.2, 0.25) is 0 Å². The second-order valence-corrected chi connectivity index (χ2v) is 6.69. The van der Waals surface area contributed by atoms with E-state index in [2.05, 4.69) is 0 Å². The zero-order valence-corrected chi connectivity index (χ0v) is 14.2. The van der Waals surface area contributed by atoms with Gasteiger partial charge >= 0.3 is 0 Å². The molecule has 25 heavy (non-hydrogen) atoms. The number of nitro benzene ring substituents is 1. The summed E-state index contributed by atoms with van der Waals surface area (Å²) in [6, 6.07) is 6.79. The Morgan fingerprint density at radius 3 is 2.60 bits per heavy atom. The van der Waals surface area contributed by atoms with Crippen molar-refractivity contribution in [3.8, 4) is 6.07 Å². The van der Waals surface area contributed by atoms with Gasteiger partial charge in [-0.05, 0) is 37.8 Å². The fourth-order valence-electron chi connectivity index (χ4n) is 3.81. The van der Waals surface area contributed by atoms with Crippen molar-refractivity contribution in [3.63, 3.8) is 0 Å². The van der Waals surface area contributed by atoms with E-state index in [4.69, 9.17) is 5.26 Å². The van der Waals surface area contributed by atoms with Gasteiger partial charge in [-0.25, -0.2) is 0 Å². The summed E-state index contributed by atoms with van der Waals surface area (Å²) in [7, 11) is 0. The molecule has 1 aromatic carbocycles. The van der Waals surface area contributed by atoms with Crippen LogP contribution in [0.4, 0.5) is 11.4 Å². The SMILES string of the molecule is N#Cc1ccc(N2CCC(N3CCCCCC3=O)CC2)c([N+](=O)[O-])c1. The summed E-state index contributed by atoms with van der Waals surface area (Å²) in [6.07, 6.45) is 5.43. The number of carbonyl (C=O) groups excluding carboxylic acids is 1. The molecule has 3 rings (SSSR count). The van der Waals surface area contributed by atoms with Crippen LogP contribution in [0.15, 0.2) is 18.2 Å². The predicted molar refractivity (Wildman–Crippen MR) is 93.2 cm³/mol. The molecule has 0 aromatic heterocycles. The number of carbonyl (C=O) groups is 1. The van der Waals surface area contributed by atoms with Gasteiger partial charge in [-0.2, -0.15) is 5.26 Å². The molecule has 7 heteroatoms. The summed E-state index contributed by atoms with van der Waals surface area (Å²) < 4.78 is 0. The highest BCUT2D eigenvalue weighted by Crippen LogP contribution is 2.32. The topological polar surface area (TPSA) is 90.5 Å². The molecule has 0 atom stereocenters. The first-order valence-corrected chi connectivity index (χ1v) is 8.83. The number of likely N-dealkylation sites (tertiary alicyclic amines) is 1. The molecule has 2 aliphatic rings. The van der Waals surface area contributed by atoms with Gasteiger partial charge in [-0.15, -0.1) is 0 Å². The molecule has 0 radical (unpaired) electrons. The minimum atomic E-state index is -0.430. The number of amides is 1. The lowest BCUT2D eigenvalue weighted by atomic mass is 10.0. The zero-order chi connectivity index (χ0) is 17.8. The Labute approximate surface area is 147 Å². The van der Waals surface area contributed by atoms with Gasteiger partial charge in [0.15, 0.2) is 0 Å². The molecule has 132 valence electrons. The molecule has 0 N–H and O–H groups in total. The average Bonchev–Trinajstić information content (AvgIpc) is 2.85. The van der Waals surface area contributed by atoms with Gasteiger partial charge < -0.3 is 9.80 Å². The van der Waals surface area contributed by atoms with Gasteiger partial charge in [-0.3, -0.25) is 14.9 Å². The highest BCUT2D eigenvalue weighted by Gasteiger charge is 2.30. The Morgan fingerprint density at radius 1 is 1.16 bits per heavy atom. The maximum absolute atomic E-state index is 12.3. The summed E-state index contributed by atoms with van der Waals surface area (Å²) in [4.78, 5) is 27.2. The highest BCUT2D eigenvalue weighted by atomic mass is 16.6. The van der Waals surface area contributed by atoms with E-state index in [9.17, 15) is 14.9 Å². The molecule has 2 saturated heterocycles. The van der Waals surface area contributed by atoms with Crippen molar-refractivity contribution in [2.24, 2.45) is 0 Å². The van der Waals surface area contributed by atoms with Gasteiger partial charge in [0, 0.05) is 38.2 Å². The number of nitriles is 1. The lowest BCUT2D eigenvalue weighted by Gasteiger charge is -2.39. The van der Waals surface area contributed by atoms with Crippen LogP contribution in [0.25, 0.3) is 0 Å². The fraction of sp³-hybridized carbons (Fsp3) is 0.556. The van der Waals surface area contributed by atoms with Gasteiger partial charge in [-0.1, -0.05) is 6.42 Å². The minimum absolute atomic E-state index is 0.0247. The normalized spacial score (nSPS) is 19.4. The molecule has 0 aliphatic carbocycles. The number of piperidine rings is 1. The van der Waals surface area contributed by atoms with Gasteiger partial charge in [0.1, 0.15) is 5.69 Å². The maximum atomic E-state index is 12.3. The minimum Gasteiger partial charge on any atom is -0.366 e. The summed E-state index contributed by atoms with van der Waals surface area (Å²) in [6.45, 7) is 2.20. The van der Waals surface area contributed by atoms with E-state index in [0.717, 1.165) is 38.6 Å². The van der Waals surface area contributed by atoms with E-state index in [0.29, 0.717) is 30.8 Å². The third-order valence-corrected chi connectivity index (χ3v) is 5.16. The second kappa shape index (κ2) is 7.51. The largest absolute Gasteiger partial charge is 0.366 e. The highest BCUT2D eigenvalue weighted by molar-refractivity contribution is 5.76. The van der Waals surface area contributed by atoms with Crippen molar-refractivity contribution in [2.75, 3.05) is 24.5 Å². The summed E-state index contributed by atoms with van der Waals surface area (Å²) in [5.74, 6) is 0.250.